The van der Waals surface area contributed by atoms with Crippen LogP contribution >= 0.6 is 0 Å². The Morgan fingerprint density at radius 1 is 1.67 bits per heavy atom. The van der Waals surface area contributed by atoms with Crippen molar-refractivity contribution in [1.82, 2.24) is 0 Å². The molecule has 0 aromatic heterocycles. The average molecular weight is 149 g/mol. The quantitative estimate of drug-likeness (QED) is 0.346. The summed E-state index contributed by atoms with van der Waals surface area (Å²) in [6.45, 7) is 2.01. The molecule has 0 aliphatic carbocycles. The molecule has 38 valence electrons. The first kappa shape index (κ1) is 6.46. The standard InChI is InChI=1S/C3H12GeN2/c1-2-3(4,5)6/h2,5-6H2,1,4H3. The van der Waals surface area contributed by atoms with Gasteiger partial charge in [0.25, 0.3) is 0 Å². The molecule has 0 saturated carbocycles. The van der Waals surface area contributed by atoms with E-state index in [1.54, 1.807) is 0 Å². The third kappa shape index (κ3) is 4.46. The van der Waals surface area contributed by atoms with E-state index in [1.165, 1.54) is 0 Å². The molecule has 0 atom stereocenters. The van der Waals surface area contributed by atoms with Gasteiger partial charge in [-0.2, -0.15) is 0 Å². The van der Waals surface area contributed by atoms with Crippen molar-refractivity contribution >= 4 is 16.5 Å². The van der Waals surface area contributed by atoms with Crippen LogP contribution in [-0.4, -0.2) is 21.0 Å². The Hall–Kier alpha value is 0.463. The van der Waals surface area contributed by atoms with E-state index in [2.05, 4.69) is 0 Å². The minimum atomic E-state index is -0.271. The Labute approximate surface area is 46.5 Å². The van der Waals surface area contributed by atoms with Gasteiger partial charge in [-0.1, -0.05) is 0 Å². The summed E-state index contributed by atoms with van der Waals surface area (Å²) in [6, 6.07) is 0. The number of hydrogen-bond acceptors (Lipinski definition) is 2. The number of nitrogens with two attached hydrogens (primary N) is 2. The van der Waals surface area contributed by atoms with Crippen LogP contribution in [0.15, 0.2) is 0 Å². The molecule has 0 aliphatic rings. The molecule has 0 aromatic carbocycles. The fourth-order valence-corrected chi connectivity index (χ4v) is 0. The van der Waals surface area contributed by atoms with Gasteiger partial charge in [-0.05, 0) is 0 Å². The van der Waals surface area contributed by atoms with Crippen molar-refractivity contribution in [2.75, 3.05) is 0 Å². The zero-order valence-corrected chi connectivity index (χ0v) is 8.56. The molecule has 6 heavy (non-hydrogen) atoms. The SMILES string of the molecule is CC[C](N)(N)[GeH3]. The van der Waals surface area contributed by atoms with E-state index >= 15 is 0 Å². The summed E-state index contributed by atoms with van der Waals surface area (Å²) in [4.78, 5) is 0. The summed E-state index contributed by atoms with van der Waals surface area (Å²) < 4.78 is -0.271. The van der Waals surface area contributed by atoms with Gasteiger partial charge >= 0.3 is 45.8 Å². The summed E-state index contributed by atoms with van der Waals surface area (Å²) in [5, 5.41) is 0. The van der Waals surface area contributed by atoms with Crippen molar-refractivity contribution < 1.29 is 0 Å². The molecular weight excluding hydrogens is 137 g/mol. The first-order valence-corrected chi connectivity index (χ1v) is 4.24. The Morgan fingerprint density at radius 3 is 1.83 bits per heavy atom. The van der Waals surface area contributed by atoms with Gasteiger partial charge in [0, 0.05) is 0 Å². The van der Waals surface area contributed by atoms with E-state index in [4.69, 9.17) is 11.5 Å². The fraction of sp³-hybridized carbons (Fsp3) is 1.00. The van der Waals surface area contributed by atoms with Crippen LogP contribution in [-0.2, 0) is 0 Å². The third-order valence-corrected chi connectivity index (χ3v) is 2.25. The molecule has 0 rings (SSSR count). The summed E-state index contributed by atoms with van der Waals surface area (Å²) in [7, 11) is 0. The van der Waals surface area contributed by atoms with Crippen molar-refractivity contribution in [3.8, 4) is 0 Å². The Kier molecular flexibility index (Phi) is 2.10. The molecule has 0 spiro atoms. The van der Waals surface area contributed by atoms with Crippen molar-refractivity contribution in [3.63, 3.8) is 0 Å². The average Bonchev–Trinajstić information content (AvgIpc) is 1.35. The van der Waals surface area contributed by atoms with Crippen LogP contribution < -0.4 is 11.5 Å². The van der Waals surface area contributed by atoms with Crippen molar-refractivity contribution in [2.24, 2.45) is 11.5 Å². The molecule has 0 aliphatic heterocycles. The molecule has 0 saturated heterocycles. The second kappa shape index (κ2) is 1.95. The van der Waals surface area contributed by atoms with Crippen LogP contribution in [0, 0.1) is 0 Å². The molecule has 0 amide bonds. The van der Waals surface area contributed by atoms with Gasteiger partial charge in [0.1, 0.15) is 0 Å². The Bertz CT molecular complexity index is 38.5. The van der Waals surface area contributed by atoms with Gasteiger partial charge in [-0.25, -0.2) is 0 Å². The van der Waals surface area contributed by atoms with E-state index in [-0.39, 0.29) is 4.50 Å². The van der Waals surface area contributed by atoms with Crippen LogP contribution in [0.1, 0.15) is 13.3 Å². The number of rotatable bonds is 1. The molecule has 0 radical (unpaired) electrons. The van der Waals surface area contributed by atoms with E-state index in [9.17, 15) is 0 Å². The second-order valence-electron chi connectivity index (χ2n) is 1.86. The molecule has 0 heterocycles. The maximum absolute atomic E-state index is 5.40. The molecule has 0 bridgehead atoms. The second-order valence-corrected chi connectivity index (χ2v) is 5.77. The van der Waals surface area contributed by atoms with E-state index < -0.39 is 0 Å². The summed E-state index contributed by atoms with van der Waals surface area (Å²) in [5.41, 5.74) is 10.8. The van der Waals surface area contributed by atoms with Gasteiger partial charge in [0.2, 0.25) is 0 Å². The topological polar surface area (TPSA) is 52.0 Å². The Morgan fingerprint density at radius 2 is 1.83 bits per heavy atom. The zero-order chi connectivity index (χ0) is 5.21. The first-order valence-electron chi connectivity index (χ1n) is 2.14. The van der Waals surface area contributed by atoms with Crippen LogP contribution in [0.5, 0.6) is 0 Å². The summed E-state index contributed by atoms with van der Waals surface area (Å²) in [6.07, 6.45) is 0.910. The van der Waals surface area contributed by atoms with Crippen molar-refractivity contribution in [3.05, 3.63) is 0 Å². The normalized spacial score (nSPS) is 12.5. The minimum absolute atomic E-state index is 0.271. The van der Waals surface area contributed by atoms with Gasteiger partial charge in [-0.3, -0.25) is 0 Å². The van der Waals surface area contributed by atoms with Crippen molar-refractivity contribution in [1.29, 1.82) is 0 Å². The van der Waals surface area contributed by atoms with Crippen LogP contribution in [0.3, 0.4) is 0 Å². The number of hydrogen-bond donors (Lipinski definition) is 2. The van der Waals surface area contributed by atoms with E-state index in [1.807, 2.05) is 6.92 Å². The van der Waals surface area contributed by atoms with Crippen molar-refractivity contribution in [2.45, 2.75) is 17.8 Å². The molecule has 0 fully saturated rings. The van der Waals surface area contributed by atoms with Crippen LogP contribution in [0.2, 0.25) is 0 Å². The van der Waals surface area contributed by atoms with E-state index in [0.29, 0.717) is 16.5 Å². The maximum atomic E-state index is 5.40. The molecule has 0 unspecified atom stereocenters. The third-order valence-electron chi connectivity index (χ3n) is 0.762. The van der Waals surface area contributed by atoms with Gasteiger partial charge in [-0.15, -0.1) is 0 Å². The Balaban J connectivity index is 3.17. The first-order chi connectivity index (χ1) is 2.56. The molecule has 4 N–H and O–H groups in total. The van der Waals surface area contributed by atoms with Gasteiger partial charge in [0.15, 0.2) is 0 Å². The fourth-order valence-electron chi connectivity index (χ4n) is 0. The summed E-state index contributed by atoms with van der Waals surface area (Å²) >= 11 is 0.564. The summed E-state index contributed by atoms with van der Waals surface area (Å²) in [5.74, 6) is 0. The predicted molar refractivity (Wildman–Crippen MR) is 31.3 cm³/mol. The van der Waals surface area contributed by atoms with Gasteiger partial charge < -0.3 is 0 Å². The molecule has 2 nitrogen and oxygen atoms in total. The molecular formula is C3H12GeN2. The predicted octanol–water partition coefficient (Wildman–Crippen LogP) is -1.67. The van der Waals surface area contributed by atoms with E-state index in [0.717, 1.165) is 6.42 Å². The van der Waals surface area contributed by atoms with Gasteiger partial charge in [0.05, 0.1) is 0 Å². The molecule has 0 aromatic rings. The molecule has 3 heteroatoms. The monoisotopic (exact) mass is 150 g/mol. The van der Waals surface area contributed by atoms with Crippen LogP contribution in [0.25, 0.3) is 0 Å². The van der Waals surface area contributed by atoms with Crippen LogP contribution in [0.4, 0.5) is 0 Å². The zero-order valence-electron chi connectivity index (χ0n) is 4.36.